The van der Waals surface area contributed by atoms with E-state index in [-0.39, 0.29) is 11.7 Å². The maximum Gasteiger partial charge on any atom is 0.157 e. The number of hydrogen-bond acceptors (Lipinski definition) is 2. The highest BCUT2D eigenvalue weighted by molar-refractivity contribution is 6.51. The van der Waals surface area contributed by atoms with Gasteiger partial charge in [0.1, 0.15) is 4.33 Å². The Bertz CT molecular complexity index is 259. The molecular formula is C15H28Cl2O2. The molecule has 0 bridgehead atoms. The maximum atomic E-state index is 6.30. The average molecular weight is 311 g/mol. The van der Waals surface area contributed by atoms with Crippen LogP contribution >= 0.6 is 23.2 Å². The molecule has 0 N–H and O–H groups in total. The molecule has 0 heterocycles. The lowest BCUT2D eigenvalue weighted by molar-refractivity contribution is -0.145. The van der Waals surface area contributed by atoms with Crippen LogP contribution in [0.4, 0.5) is 0 Å². The van der Waals surface area contributed by atoms with Crippen LogP contribution in [0.5, 0.6) is 0 Å². The second-order valence-electron chi connectivity index (χ2n) is 6.16. The monoisotopic (exact) mass is 310 g/mol. The molecule has 0 saturated heterocycles. The molecule has 0 aromatic carbocycles. The third kappa shape index (κ3) is 4.23. The highest BCUT2D eigenvalue weighted by Gasteiger charge is 2.69. The van der Waals surface area contributed by atoms with E-state index >= 15 is 0 Å². The summed E-state index contributed by atoms with van der Waals surface area (Å²) in [5.41, 5.74) is 0.0507. The van der Waals surface area contributed by atoms with E-state index in [1.165, 1.54) is 0 Å². The lowest BCUT2D eigenvalue weighted by atomic mass is 9.97. The summed E-state index contributed by atoms with van der Waals surface area (Å²) >= 11 is 12.6. The van der Waals surface area contributed by atoms with E-state index in [4.69, 9.17) is 32.7 Å². The van der Waals surface area contributed by atoms with E-state index in [9.17, 15) is 0 Å². The van der Waals surface area contributed by atoms with Crippen LogP contribution in [0.15, 0.2) is 0 Å². The van der Waals surface area contributed by atoms with E-state index in [0.29, 0.717) is 25.0 Å². The van der Waals surface area contributed by atoms with Crippen LogP contribution in [0.1, 0.15) is 53.9 Å². The fourth-order valence-electron chi connectivity index (χ4n) is 2.75. The quantitative estimate of drug-likeness (QED) is 0.439. The van der Waals surface area contributed by atoms with Crippen molar-refractivity contribution >= 4 is 23.2 Å². The van der Waals surface area contributed by atoms with E-state index < -0.39 is 4.33 Å². The summed E-state index contributed by atoms with van der Waals surface area (Å²) in [6.07, 6.45) is 3.05. The van der Waals surface area contributed by atoms with Crippen LogP contribution in [0.3, 0.4) is 0 Å². The molecule has 114 valence electrons. The minimum absolute atomic E-state index is 0.0507. The van der Waals surface area contributed by atoms with Gasteiger partial charge in [0.2, 0.25) is 0 Å². The number of rotatable bonds is 9. The molecule has 0 aliphatic heterocycles. The minimum Gasteiger partial charge on any atom is -0.353 e. The first kappa shape index (κ1) is 17.6. The molecule has 2 unspecified atom stereocenters. The first-order valence-corrected chi connectivity index (χ1v) is 8.13. The summed E-state index contributed by atoms with van der Waals surface area (Å²) < 4.78 is 10.6. The van der Waals surface area contributed by atoms with Gasteiger partial charge in [-0.05, 0) is 26.2 Å². The van der Waals surface area contributed by atoms with Gasteiger partial charge in [-0.25, -0.2) is 0 Å². The van der Waals surface area contributed by atoms with E-state index in [2.05, 4.69) is 20.8 Å². The predicted octanol–water partition coefficient (Wildman–Crippen LogP) is 5.02. The van der Waals surface area contributed by atoms with Gasteiger partial charge in [-0.15, -0.1) is 23.2 Å². The van der Waals surface area contributed by atoms with Crippen molar-refractivity contribution in [1.82, 2.24) is 0 Å². The fourth-order valence-corrected chi connectivity index (χ4v) is 3.67. The summed E-state index contributed by atoms with van der Waals surface area (Å²) in [6, 6.07) is 0. The fraction of sp³-hybridized carbons (Fsp3) is 1.00. The number of hydrogen-bond donors (Lipinski definition) is 0. The highest BCUT2D eigenvalue weighted by atomic mass is 35.5. The molecule has 2 atom stereocenters. The molecule has 1 fully saturated rings. The lowest BCUT2D eigenvalue weighted by Gasteiger charge is -2.21. The van der Waals surface area contributed by atoms with Gasteiger partial charge in [0.05, 0.1) is 0 Å². The maximum absolute atomic E-state index is 6.30. The van der Waals surface area contributed by atoms with Crippen molar-refractivity contribution in [2.45, 2.75) is 64.5 Å². The molecule has 2 nitrogen and oxygen atoms in total. The van der Waals surface area contributed by atoms with Crippen molar-refractivity contribution in [2.75, 3.05) is 13.2 Å². The first-order chi connectivity index (χ1) is 8.77. The summed E-state index contributed by atoms with van der Waals surface area (Å²) in [6.45, 7) is 11.9. The molecule has 0 radical (unpaired) electrons. The van der Waals surface area contributed by atoms with Crippen molar-refractivity contribution < 1.29 is 9.47 Å². The van der Waals surface area contributed by atoms with Crippen molar-refractivity contribution in [1.29, 1.82) is 0 Å². The molecule has 0 aromatic heterocycles. The Balaban J connectivity index is 2.30. The van der Waals surface area contributed by atoms with Crippen molar-refractivity contribution in [3.05, 3.63) is 0 Å². The van der Waals surface area contributed by atoms with Crippen LogP contribution in [0.2, 0.25) is 0 Å². The van der Waals surface area contributed by atoms with E-state index in [0.717, 1.165) is 19.3 Å². The summed E-state index contributed by atoms with van der Waals surface area (Å²) in [7, 11) is 0. The van der Waals surface area contributed by atoms with Crippen molar-refractivity contribution in [2.24, 2.45) is 17.3 Å². The topological polar surface area (TPSA) is 18.5 Å². The molecular weight excluding hydrogens is 283 g/mol. The molecule has 0 amide bonds. The van der Waals surface area contributed by atoms with E-state index in [1.54, 1.807) is 0 Å². The smallest absolute Gasteiger partial charge is 0.157 e. The van der Waals surface area contributed by atoms with Crippen LogP contribution in [-0.2, 0) is 9.47 Å². The van der Waals surface area contributed by atoms with Gasteiger partial charge in [-0.1, -0.05) is 27.2 Å². The van der Waals surface area contributed by atoms with Gasteiger partial charge in [-0.3, -0.25) is 0 Å². The van der Waals surface area contributed by atoms with Crippen molar-refractivity contribution in [3.63, 3.8) is 0 Å². The van der Waals surface area contributed by atoms with Crippen LogP contribution < -0.4 is 0 Å². The van der Waals surface area contributed by atoms with Crippen molar-refractivity contribution in [3.8, 4) is 0 Å². The molecule has 19 heavy (non-hydrogen) atoms. The second kappa shape index (κ2) is 6.98. The van der Waals surface area contributed by atoms with Gasteiger partial charge in [0.15, 0.2) is 6.29 Å². The van der Waals surface area contributed by atoms with Gasteiger partial charge >= 0.3 is 0 Å². The molecule has 1 rings (SSSR count). The predicted molar refractivity (Wildman–Crippen MR) is 81.8 cm³/mol. The molecule has 4 heteroatoms. The normalized spacial score (nSPS) is 25.6. The number of alkyl halides is 2. The number of ether oxygens (including phenoxy) is 2. The summed E-state index contributed by atoms with van der Waals surface area (Å²) in [5, 5.41) is 0. The standard InChI is InChI=1S/C15H28Cl2O2/c1-6-18-13(19-7-2)10-11(3)8-9-12-14(4,5)15(12,16)17/h11-13H,6-10H2,1-5H3. The van der Waals surface area contributed by atoms with Gasteiger partial charge < -0.3 is 9.47 Å². The van der Waals surface area contributed by atoms with E-state index in [1.807, 2.05) is 13.8 Å². The first-order valence-electron chi connectivity index (χ1n) is 7.38. The third-order valence-electron chi connectivity index (χ3n) is 4.33. The molecule has 1 saturated carbocycles. The Kier molecular flexibility index (Phi) is 6.44. The largest absolute Gasteiger partial charge is 0.353 e. The Morgan fingerprint density at radius 2 is 1.58 bits per heavy atom. The zero-order valence-corrected chi connectivity index (χ0v) is 14.4. The average Bonchev–Trinajstić information content (AvgIpc) is 2.67. The van der Waals surface area contributed by atoms with Crippen LogP contribution in [0.25, 0.3) is 0 Å². The zero-order valence-electron chi connectivity index (χ0n) is 12.8. The number of halogens is 2. The molecule has 1 aliphatic carbocycles. The van der Waals surface area contributed by atoms with Crippen LogP contribution in [0, 0.1) is 17.3 Å². The Morgan fingerprint density at radius 3 is 1.95 bits per heavy atom. The molecule has 1 aliphatic rings. The summed E-state index contributed by atoms with van der Waals surface area (Å²) in [5.74, 6) is 0.965. The molecule has 0 spiro atoms. The Labute approximate surface area is 128 Å². The third-order valence-corrected chi connectivity index (χ3v) is 5.83. The molecule has 0 aromatic rings. The Hall–Kier alpha value is 0.500. The highest BCUT2D eigenvalue weighted by Crippen LogP contribution is 2.70. The van der Waals surface area contributed by atoms with Gasteiger partial charge in [-0.2, -0.15) is 0 Å². The zero-order chi connectivity index (χ0) is 14.7. The Morgan fingerprint density at radius 1 is 1.11 bits per heavy atom. The van der Waals surface area contributed by atoms with Gasteiger partial charge in [0, 0.05) is 31.0 Å². The lowest BCUT2D eigenvalue weighted by Crippen LogP contribution is -2.20. The minimum atomic E-state index is -0.536. The SMILES string of the molecule is CCOC(CC(C)CCC1C(C)(C)C1(Cl)Cl)OCC. The summed E-state index contributed by atoms with van der Waals surface area (Å²) in [4.78, 5) is 0. The second-order valence-corrected chi connectivity index (χ2v) is 7.54. The van der Waals surface area contributed by atoms with Gasteiger partial charge in [0.25, 0.3) is 0 Å². The van der Waals surface area contributed by atoms with Crippen LogP contribution in [-0.4, -0.2) is 23.8 Å².